The van der Waals surface area contributed by atoms with Gasteiger partial charge < -0.3 is 4.74 Å². The third kappa shape index (κ3) is 2.77. The predicted molar refractivity (Wildman–Crippen MR) is 71.0 cm³/mol. The molecule has 0 aliphatic rings. The standard InChI is InChI=1S/C16H17FO/c1-3-18-16(13-7-5-4-6-8-13)14-9-10-15(17)12(2)11-14/h4-11,16H,3H2,1-2H3. The van der Waals surface area contributed by atoms with Gasteiger partial charge in [-0.1, -0.05) is 42.5 Å². The van der Waals surface area contributed by atoms with Gasteiger partial charge in [0, 0.05) is 6.61 Å². The Balaban J connectivity index is 2.38. The Labute approximate surface area is 107 Å². The molecule has 0 aromatic heterocycles. The minimum Gasteiger partial charge on any atom is -0.369 e. The third-order valence-corrected chi connectivity index (χ3v) is 2.92. The molecule has 2 rings (SSSR count). The molecular weight excluding hydrogens is 227 g/mol. The van der Waals surface area contributed by atoms with Gasteiger partial charge in [0.05, 0.1) is 0 Å². The summed E-state index contributed by atoms with van der Waals surface area (Å²) in [6.45, 7) is 4.36. The minimum absolute atomic E-state index is 0.129. The van der Waals surface area contributed by atoms with Crippen molar-refractivity contribution < 1.29 is 9.13 Å². The molecule has 0 fully saturated rings. The number of hydrogen-bond acceptors (Lipinski definition) is 1. The number of aryl methyl sites for hydroxylation is 1. The van der Waals surface area contributed by atoms with Crippen molar-refractivity contribution in [3.63, 3.8) is 0 Å². The Kier molecular flexibility index (Phi) is 4.11. The molecule has 94 valence electrons. The molecule has 0 saturated heterocycles. The van der Waals surface area contributed by atoms with E-state index in [4.69, 9.17) is 4.74 Å². The lowest BCUT2D eigenvalue weighted by Crippen LogP contribution is -2.06. The fourth-order valence-corrected chi connectivity index (χ4v) is 2.01. The van der Waals surface area contributed by atoms with Crippen molar-refractivity contribution in [2.24, 2.45) is 0 Å². The van der Waals surface area contributed by atoms with Gasteiger partial charge >= 0.3 is 0 Å². The summed E-state index contributed by atoms with van der Waals surface area (Å²) in [6.07, 6.45) is -0.129. The third-order valence-electron chi connectivity index (χ3n) is 2.92. The number of rotatable bonds is 4. The SMILES string of the molecule is CCOC(c1ccccc1)c1ccc(F)c(C)c1. The van der Waals surface area contributed by atoms with Crippen LogP contribution in [-0.2, 0) is 4.74 Å². The smallest absolute Gasteiger partial charge is 0.126 e. The molecule has 0 radical (unpaired) electrons. The Morgan fingerprint density at radius 1 is 1.06 bits per heavy atom. The fourth-order valence-electron chi connectivity index (χ4n) is 2.01. The van der Waals surface area contributed by atoms with Gasteiger partial charge in [-0.2, -0.15) is 0 Å². The number of ether oxygens (including phenoxy) is 1. The molecule has 0 heterocycles. The molecule has 0 N–H and O–H groups in total. The van der Waals surface area contributed by atoms with E-state index in [2.05, 4.69) is 0 Å². The highest BCUT2D eigenvalue weighted by Crippen LogP contribution is 2.27. The summed E-state index contributed by atoms with van der Waals surface area (Å²) in [4.78, 5) is 0. The molecule has 1 nitrogen and oxygen atoms in total. The summed E-state index contributed by atoms with van der Waals surface area (Å²) in [5, 5.41) is 0. The Hall–Kier alpha value is -1.67. The highest BCUT2D eigenvalue weighted by molar-refractivity contribution is 5.33. The average molecular weight is 244 g/mol. The molecule has 0 saturated carbocycles. The fraction of sp³-hybridized carbons (Fsp3) is 0.250. The summed E-state index contributed by atoms with van der Waals surface area (Å²) >= 11 is 0. The van der Waals surface area contributed by atoms with Gasteiger partial charge in [0.2, 0.25) is 0 Å². The summed E-state index contributed by atoms with van der Waals surface area (Å²) in [5.41, 5.74) is 2.72. The second-order valence-electron chi connectivity index (χ2n) is 4.25. The maximum Gasteiger partial charge on any atom is 0.126 e. The van der Waals surface area contributed by atoms with E-state index >= 15 is 0 Å². The summed E-state index contributed by atoms with van der Waals surface area (Å²) < 4.78 is 19.1. The van der Waals surface area contributed by atoms with Gasteiger partial charge in [0.15, 0.2) is 0 Å². The van der Waals surface area contributed by atoms with Gasteiger partial charge in [0.25, 0.3) is 0 Å². The maximum absolute atomic E-state index is 13.3. The summed E-state index contributed by atoms with van der Waals surface area (Å²) in [6, 6.07) is 15.1. The predicted octanol–water partition coefficient (Wildman–Crippen LogP) is 4.26. The first-order valence-corrected chi connectivity index (χ1v) is 6.15. The highest BCUT2D eigenvalue weighted by Gasteiger charge is 2.14. The quantitative estimate of drug-likeness (QED) is 0.780. The van der Waals surface area contributed by atoms with Crippen molar-refractivity contribution in [3.8, 4) is 0 Å². The van der Waals surface area contributed by atoms with Crippen LogP contribution < -0.4 is 0 Å². The molecule has 0 amide bonds. The summed E-state index contributed by atoms with van der Waals surface area (Å²) in [5.74, 6) is -0.179. The lowest BCUT2D eigenvalue weighted by Gasteiger charge is -2.18. The second kappa shape index (κ2) is 5.78. The van der Waals surface area contributed by atoms with Crippen LogP contribution in [0.1, 0.15) is 29.7 Å². The molecule has 2 aromatic carbocycles. The van der Waals surface area contributed by atoms with E-state index in [0.29, 0.717) is 12.2 Å². The first-order valence-electron chi connectivity index (χ1n) is 6.15. The second-order valence-corrected chi connectivity index (χ2v) is 4.25. The van der Waals surface area contributed by atoms with E-state index in [1.54, 1.807) is 13.0 Å². The lowest BCUT2D eigenvalue weighted by atomic mass is 9.99. The monoisotopic (exact) mass is 244 g/mol. The molecule has 0 aliphatic carbocycles. The van der Waals surface area contributed by atoms with Crippen LogP contribution in [0.5, 0.6) is 0 Å². The molecule has 0 spiro atoms. The normalized spacial score (nSPS) is 12.4. The van der Waals surface area contributed by atoms with Crippen LogP contribution in [0.2, 0.25) is 0 Å². The average Bonchev–Trinajstić information content (AvgIpc) is 2.40. The largest absolute Gasteiger partial charge is 0.369 e. The van der Waals surface area contributed by atoms with Crippen molar-refractivity contribution in [2.75, 3.05) is 6.61 Å². The molecule has 0 bridgehead atoms. The maximum atomic E-state index is 13.3. The van der Waals surface area contributed by atoms with Gasteiger partial charge in [-0.3, -0.25) is 0 Å². The van der Waals surface area contributed by atoms with Crippen molar-refractivity contribution in [1.29, 1.82) is 0 Å². The number of benzene rings is 2. The molecule has 2 aromatic rings. The molecule has 0 aliphatic heterocycles. The first-order chi connectivity index (χ1) is 8.72. The summed E-state index contributed by atoms with van der Waals surface area (Å²) in [7, 11) is 0. The van der Waals surface area contributed by atoms with E-state index < -0.39 is 0 Å². The zero-order chi connectivity index (χ0) is 13.0. The van der Waals surface area contributed by atoms with Crippen LogP contribution in [0, 0.1) is 12.7 Å². The van der Waals surface area contributed by atoms with Crippen molar-refractivity contribution in [1.82, 2.24) is 0 Å². The highest BCUT2D eigenvalue weighted by atomic mass is 19.1. The Morgan fingerprint density at radius 3 is 2.39 bits per heavy atom. The lowest BCUT2D eigenvalue weighted by molar-refractivity contribution is 0.0912. The number of hydrogen-bond donors (Lipinski definition) is 0. The molecule has 18 heavy (non-hydrogen) atoms. The zero-order valence-corrected chi connectivity index (χ0v) is 10.7. The molecule has 2 heteroatoms. The first kappa shape index (κ1) is 12.8. The van der Waals surface area contributed by atoms with Crippen LogP contribution in [0.25, 0.3) is 0 Å². The Morgan fingerprint density at radius 2 is 1.78 bits per heavy atom. The minimum atomic E-state index is -0.179. The van der Waals surface area contributed by atoms with Gasteiger partial charge in [-0.25, -0.2) is 4.39 Å². The topological polar surface area (TPSA) is 9.23 Å². The van der Waals surface area contributed by atoms with Crippen molar-refractivity contribution >= 4 is 0 Å². The van der Waals surface area contributed by atoms with Gasteiger partial charge in [-0.15, -0.1) is 0 Å². The molecule has 1 unspecified atom stereocenters. The Bertz CT molecular complexity index is 508. The number of halogens is 1. The van der Waals surface area contributed by atoms with Crippen molar-refractivity contribution in [3.05, 3.63) is 71.0 Å². The van der Waals surface area contributed by atoms with E-state index in [1.807, 2.05) is 43.3 Å². The van der Waals surface area contributed by atoms with Crippen molar-refractivity contribution in [2.45, 2.75) is 20.0 Å². The van der Waals surface area contributed by atoms with E-state index in [1.165, 1.54) is 6.07 Å². The van der Waals surface area contributed by atoms with Crippen LogP contribution in [0.4, 0.5) is 4.39 Å². The van der Waals surface area contributed by atoms with E-state index in [9.17, 15) is 4.39 Å². The molecule has 1 atom stereocenters. The van der Waals surface area contributed by atoms with Crippen LogP contribution in [-0.4, -0.2) is 6.61 Å². The zero-order valence-electron chi connectivity index (χ0n) is 10.7. The van der Waals surface area contributed by atoms with Gasteiger partial charge in [0.1, 0.15) is 11.9 Å². The van der Waals surface area contributed by atoms with E-state index in [0.717, 1.165) is 11.1 Å². The van der Waals surface area contributed by atoms with E-state index in [-0.39, 0.29) is 11.9 Å². The van der Waals surface area contributed by atoms with Gasteiger partial charge in [-0.05, 0) is 36.6 Å². The van der Waals surface area contributed by atoms with Crippen LogP contribution in [0.3, 0.4) is 0 Å². The van der Waals surface area contributed by atoms with Crippen LogP contribution in [0.15, 0.2) is 48.5 Å². The van der Waals surface area contributed by atoms with Crippen LogP contribution >= 0.6 is 0 Å². The molecular formula is C16H17FO.